The van der Waals surface area contributed by atoms with Crippen LogP contribution in [-0.2, 0) is 10.0 Å². The molecule has 1 N–H and O–H groups in total. The average Bonchev–Trinajstić information content (AvgIpc) is 2.42. The van der Waals surface area contributed by atoms with E-state index in [2.05, 4.69) is 12.2 Å². The molecule has 0 saturated carbocycles. The van der Waals surface area contributed by atoms with Gasteiger partial charge in [0.1, 0.15) is 0 Å². The van der Waals surface area contributed by atoms with E-state index in [1.165, 1.54) is 0 Å². The first-order valence-corrected chi connectivity index (χ1v) is 9.08. The maximum atomic E-state index is 12.7. The molecule has 0 aliphatic rings. The monoisotopic (exact) mass is 312 g/mol. The highest BCUT2D eigenvalue weighted by Gasteiger charge is 2.27. The summed E-state index contributed by atoms with van der Waals surface area (Å²) in [5, 5.41) is 3.25. The Labute approximate surface area is 129 Å². The lowest BCUT2D eigenvalue weighted by Crippen LogP contribution is -2.39. The molecule has 1 aromatic rings. The lowest BCUT2D eigenvalue weighted by Gasteiger charge is -2.27. The molecule has 0 saturated heterocycles. The van der Waals surface area contributed by atoms with Crippen LogP contribution in [0.2, 0.25) is 0 Å². The van der Waals surface area contributed by atoms with Gasteiger partial charge in [0.25, 0.3) is 0 Å². The number of hydrogen-bond donors (Lipinski definition) is 1. The number of rotatable bonds is 8. The average molecular weight is 312 g/mol. The van der Waals surface area contributed by atoms with Crippen molar-refractivity contribution in [3.8, 4) is 0 Å². The van der Waals surface area contributed by atoms with Crippen molar-refractivity contribution in [2.24, 2.45) is 5.92 Å². The van der Waals surface area contributed by atoms with Gasteiger partial charge in [0, 0.05) is 24.8 Å². The van der Waals surface area contributed by atoms with Crippen LogP contribution in [0.25, 0.3) is 0 Å². The molecule has 1 rings (SSSR count). The van der Waals surface area contributed by atoms with Crippen LogP contribution in [0, 0.1) is 5.92 Å². The molecule has 0 spiro atoms. The van der Waals surface area contributed by atoms with Gasteiger partial charge in [-0.25, -0.2) is 8.42 Å². The largest absolute Gasteiger partial charge is 0.385 e. The highest BCUT2D eigenvalue weighted by molar-refractivity contribution is 7.89. The minimum absolute atomic E-state index is 0.0460. The molecule has 0 atom stereocenters. The second-order valence-corrected chi connectivity index (χ2v) is 7.90. The molecule has 4 nitrogen and oxygen atoms in total. The Morgan fingerprint density at radius 3 is 2.10 bits per heavy atom. The van der Waals surface area contributed by atoms with Gasteiger partial charge in [0.05, 0.1) is 4.90 Å². The molecule has 21 heavy (non-hydrogen) atoms. The van der Waals surface area contributed by atoms with Gasteiger partial charge in [-0.1, -0.05) is 20.8 Å². The molecule has 0 amide bonds. The van der Waals surface area contributed by atoms with Gasteiger partial charge in [0.2, 0.25) is 10.0 Å². The molecular formula is C16H28N2O2S. The summed E-state index contributed by atoms with van der Waals surface area (Å²) in [7, 11) is -3.43. The molecule has 5 heteroatoms. The molecule has 0 radical (unpaired) electrons. The molecule has 0 bridgehead atoms. The van der Waals surface area contributed by atoms with Gasteiger partial charge in [-0.2, -0.15) is 4.31 Å². The van der Waals surface area contributed by atoms with Crippen molar-refractivity contribution in [1.82, 2.24) is 4.31 Å². The normalized spacial score (nSPS) is 12.4. The van der Waals surface area contributed by atoms with E-state index in [9.17, 15) is 8.42 Å². The zero-order valence-corrected chi connectivity index (χ0v) is 14.6. The fraction of sp³-hybridized carbons (Fsp3) is 0.625. The quantitative estimate of drug-likeness (QED) is 0.798. The van der Waals surface area contributed by atoms with E-state index in [0.717, 1.165) is 18.7 Å². The predicted molar refractivity (Wildman–Crippen MR) is 89.1 cm³/mol. The van der Waals surface area contributed by atoms with Crippen molar-refractivity contribution in [2.75, 3.05) is 18.4 Å². The van der Waals surface area contributed by atoms with Crippen LogP contribution >= 0.6 is 0 Å². The van der Waals surface area contributed by atoms with Gasteiger partial charge in [-0.3, -0.25) is 0 Å². The highest BCUT2D eigenvalue weighted by atomic mass is 32.2. The van der Waals surface area contributed by atoms with E-state index in [0.29, 0.717) is 17.4 Å². The van der Waals surface area contributed by atoms with Crippen molar-refractivity contribution in [3.63, 3.8) is 0 Å². The van der Waals surface area contributed by atoms with E-state index >= 15 is 0 Å². The Hall–Kier alpha value is -1.07. The van der Waals surface area contributed by atoms with Crippen LogP contribution in [-0.4, -0.2) is 31.9 Å². The number of nitrogens with zero attached hydrogens (tertiary/aromatic N) is 1. The van der Waals surface area contributed by atoms with Crippen LogP contribution in [0.15, 0.2) is 29.2 Å². The third kappa shape index (κ3) is 5.00. The van der Waals surface area contributed by atoms with E-state index < -0.39 is 10.0 Å². The van der Waals surface area contributed by atoms with E-state index in [4.69, 9.17) is 0 Å². The Balaban J connectivity index is 2.99. The smallest absolute Gasteiger partial charge is 0.243 e. The fourth-order valence-electron chi connectivity index (χ4n) is 2.10. The number of sulfonamides is 1. The van der Waals surface area contributed by atoms with Crippen molar-refractivity contribution in [2.45, 2.75) is 52.0 Å². The highest BCUT2D eigenvalue weighted by Crippen LogP contribution is 2.21. The first-order chi connectivity index (χ1) is 9.78. The Bertz CT molecular complexity index is 522. The third-order valence-corrected chi connectivity index (χ3v) is 5.22. The number of hydrogen-bond acceptors (Lipinski definition) is 3. The van der Waals surface area contributed by atoms with Crippen LogP contribution in [0.5, 0.6) is 0 Å². The lowest BCUT2D eigenvalue weighted by molar-refractivity contribution is 0.319. The molecule has 0 aliphatic carbocycles. The summed E-state index contributed by atoms with van der Waals surface area (Å²) >= 11 is 0. The SMILES string of the molecule is CCCNc1ccc(S(=O)(=O)N(CC(C)C)C(C)C)cc1. The van der Waals surface area contributed by atoms with Crippen LogP contribution in [0.1, 0.15) is 41.0 Å². The van der Waals surface area contributed by atoms with Gasteiger partial charge in [0.15, 0.2) is 0 Å². The summed E-state index contributed by atoms with van der Waals surface area (Å²) in [6.45, 7) is 11.4. The van der Waals surface area contributed by atoms with Crippen molar-refractivity contribution in [1.29, 1.82) is 0 Å². The minimum Gasteiger partial charge on any atom is -0.385 e. The molecule has 0 heterocycles. The maximum absolute atomic E-state index is 12.7. The second kappa shape index (κ2) is 7.80. The topological polar surface area (TPSA) is 49.4 Å². The molecule has 1 aromatic carbocycles. The molecule has 0 fully saturated rings. The van der Waals surface area contributed by atoms with Crippen LogP contribution in [0.4, 0.5) is 5.69 Å². The Morgan fingerprint density at radius 1 is 1.10 bits per heavy atom. The first-order valence-electron chi connectivity index (χ1n) is 7.64. The zero-order valence-electron chi connectivity index (χ0n) is 13.8. The molecule has 0 aliphatic heterocycles. The molecule has 0 aromatic heterocycles. The molecule has 120 valence electrons. The second-order valence-electron chi connectivity index (χ2n) is 6.01. The Kier molecular flexibility index (Phi) is 6.68. The number of nitrogens with one attached hydrogen (secondary N) is 1. The molecular weight excluding hydrogens is 284 g/mol. The summed E-state index contributed by atoms with van der Waals surface area (Å²) in [4.78, 5) is 0.360. The summed E-state index contributed by atoms with van der Waals surface area (Å²) in [6.07, 6.45) is 1.04. The van der Waals surface area contributed by atoms with E-state index in [-0.39, 0.29) is 6.04 Å². The Morgan fingerprint density at radius 2 is 1.67 bits per heavy atom. The summed E-state index contributed by atoms with van der Waals surface area (Å²) < 4.78 is 27.1. The number of benzene rings is 1. The van der Waals surface area contributed by atoms with Crippen molar-refractivity contribution in [3.05, 3.63) is 24.3 Å². The summed E-state index contributed by atoms with van der Waals surface area (Å²) in [5.41, 5.74) is 0.954. The van der Waals surface area contributed by atoms with Gasteiger partial charge in [-0.05, 0) is 50.5 Å². The summed E-state index contributed by atoms with van der Waals surface area (Å²) in [6, 6.07) is 6.98. The lowest BCUT2D eigenvalue weighted by atomic mass is 10.2. The van der Waals surface area contributed by atoms with E-state index in [1.54, 1.807) is 16.4 Å². The molecule has 0 unspecified atom stereocenters. The van der Waals surface area contributed by atoms with Crippen molar-refractivity contribution < 1.29 is 8.42 Å². The predicted octanol–water partition coefficient (Wildman–Crippen LogP) is 3.56. The standard InChI is InChI=1S/C16H28N2O2S/c1-6-11-17-15-7-9-16(10-8-15)21(19,20)18(14(4)5)12-13(2)3/h7-10,13-14,17H,6,11-12H2,1-5H3. The third-order valence-electron chi connectivity index (χ3n) is 3.16. The van der Waals surface area contributed by atoms with Crippen LogP contribution in [0.3, 0.4) is 0 Å². The fourth-order valence-corrected chi connectivity index (χ4v) is 3.90. The van der Waals surface area contributed by atoms with Crippen molar-refractivity contribution >= 4 is 15.7 Å². The van der Waals surface area contributed by atoms with E-state index in [1.807, 2.05) is 39.8 Å². The van der Waals surface area contributed by atoms with Crippen LogP contribution < -0.4 is 5.32 Å². The van der Waals surface area contributed by atoms with Gasteiger partial charge in [-0.15, -0.1) is 0 Å². The number of anilines is 1. The maximum Gasteiger partial charge on any atom is 0.243 e. The first kappa shape index (κ1) is 18.0. The van der Waals surface area contributed by atoms with Gasteiger partial charge >= 0.3 is 0 Å². The van der Waals surface area contributed by atoms with Gasteiger partial charge < -0.3 is 5.32 Å². The summed E-state index contributed by atoms with van der Waals surface area (Å²) in [5.74, 6) is 0.299. The minimum atomic E-state index is -3.43. The zero-order chi connectivity index (χ0) is 16.0.